The van der Waals surface area contributed by atoms with Gasteiger partial charge in [0.2, 0.25) is 0 Å². The van der Waals surface area contributed by atoms with Crippen molar-refractivity contribution in [3.05, 3.63) is 34.4 Å². The van der Waals surface area contributed by atoms with Gasteiger partial charge in [0, 0.05) is 18.7 Å². The molecule has 1 aromatic rings. The van der Waals surface area contributed by atoms with Gasteiger partial charge in [-0.2, -0.15) is 0 Å². The van der Waals surface area contributed by atoms with Crippen LogP contribution in [0.4, 0.5) is 5.69 Å². The van der Waals surface area contributed by atoms with Crippen LogP contribution in [0.3, 0.4) is 0 Å². The highest BCUT2D eigenvalue weighted by molar-refractivity contribution is 5.37. The summed E-state index contributed by atoms with van der Waals surface area (Å²) in [5, 5.41) is 24.0. The molecule has 1 aromatic carbocycles. The fourth-order valence-electron chi connectivity index (χ4n) is 1.63. The molecule has 1 fully saturated rings. The Kier molecular flexibility index (Phi) is 4.01. The molecule has 104 valence electrons. The van der Waals surface area contributed by atoms with Gasteiger partial charge in [-0.1, -0.05) is 6.07 Å². The van der Waals surface area contributed by atoms with Gasteiger partial charge in [-0.05, 0) is 25.8 Å². The molecule has 0 spiro atoms. The lowest BCUT2D eigenvalue weighted by atomic mass is 10.1. The van der Waals surface area contributed by atoms with Crippen molar-refractivity contribution < 1.29 is 14.8 Å². The summed E-state index contributed by atoms with van der Waals surface area (Å²) in [5.41, 5.74) is -1.01. The summed E-state index contributed by atoms with van der Waals surface area (Å²) in [6.07, 6.45) is 2.31. The lowest BCUT2D eigenvalue weighted by Gasteiger charge is -2.23. The predicted molar refractivity (Wildman–Crippen MR) is 70.2 cm³/mol. The third-order valence-electron chi connectivity index (χ3n) is 2.93. The van der Waals surface area contributed by atoms with E-state index in [9.17, 15) is 15.2 Å². The van der Waals surface area contributed by atoms with Gasteiger partial charge < -0.3 is 15.2 Å². The molecule has 0 amide bonds. The minimum absolute atomic E-state index is 0.0201. The second-order valence-corrected chi connectivity index (χ2v) is 5.20. The predicted octanol–water partition coefficient (Wildman–Crippen LogP) is 1.48. The van der Waals surface area contributed by atoms with E-state index < -0.39 is 10.5 Å². The smallest absolute Gasteiger partial charge is 0.273 e. The third kappa shape index (κ3) is 4.50. The van der Waals surface area contributed by atoms with Gasteiger partial charge in [0.1, 0.15) is 18.0 Å². The summed E-state index contributed by atoms with van der Waals surface area (Å²) in [6, 6.07) is 6.47. The van der Waals surface area contributed by atoms with Crippen LogP contribution in [0.15, 0.2) is 24.3 Å². The van der Waals surface area contributed by atoms with Crippen molar-refractivity contribution in [2.24, 2.45) is 0 Å². The summed E-state index contributed by atoms with van der Waals surface area (Å²) in [4.78, 5) is 10.2. The zero-order valence-corrected chi connectivity index (χ0v) is 10.8. The number of rotatable bonds is 7. The first-order valence-electron chi connectivity index (χ1n) is 6.29. The summed E-state index contributed by atoms with van der Waals surface area (Å²) >= 11 is 0. The van der Waals surface area contributed by atoms with E-state index >= 15 is 0 Å². The molecule has 0 bridgehead atoms. The second-order valence-electron chi connectivity index (χ2n) is 5.20. The maximum atomic E-state index is 10.6. The molecule has 0 aromatic heterocycles. The second kappa shape index (κ2) is 5.54. The summed E-state index contributed by atoms with van der Waals surface area (Å²) in [6.45, 7) is 2.22. The van der Waals surface area contributed by atoms with Gasteiger partial charge in [-0.3, -0.25) is 10.1 Å². The number of aliphatic hydroxyl groups is 1. The monoisotopic (exact) mass is 266 g/mol. The zero-order valence-electron chi connectivity index (χ0n) is 10.8. The number of ether oxygens (including phenoxy) is 1. The fourth-order valence-corrected chi connectivity index (χ4v) is 1.63. The van der Waals surface area contributed by atoms with Gasteiger partial charge in [0.15, 0.2) is 0 Å². The number of nitro benzene ring substituents is 1. The highest BCUT2D eigenvalue weighted by atomic mass is 16.6. The van der Waals surface area contributed by atoms with E-state index in [1.807, 2.05) is 0 Å². The molecule has 0 heterocycles. The molecule has 6 heteroatoms. The molecular weight excluding hydrogens is 248 g/mol. The Bertz CT molecular complexity index is 458. The number of nitrogens with one attached hydrogen (secondary N) is 1. The molecule has 2 N–H and O–H groups in total. The lowest BCUT2D eigenvalue weighted by Crippen LogP contribution is -2.43. The number of benzene rings is 1. The first-order chi connectivity index (χ1) is 8.96. The molecule has 0 aliphatic heterocycles. The molecule has 1 aliphatic carbocycles. The molecule has 1 aliphatic rings. The average molecular weight is 266 g/mol. The molecule has 6 nitrogen and oxygen atoms in total. The Hall–Kier alpha value is -1.66. The molecule has 1 saturated carbocycles. The number of nitrogens with zero attached hydrogens (tertiary/aromatic N) is 1. The van der Waals surface area contributed by atoms with Crippen molar-refractivity contribution in [1.82, 2.24) is 5.32 Å². The van der Waals surface area contributed by atoms with Crippen molar-refractivity contribution in [1.29, 1.82) is 0 Å². The first kappa shape index (κ1) is 13.8. The highest BCUT2D eigenvalue weighted by Crippen LogP contribution is 2.21. The van der Waals surface area contributed by atoms with E-state index in [1.54, 1.807) is 19.1 Å². The van der Waals surface area contributed by atoms with Crippen LogP contribution >= 0.6 is 0 Å². The van der Waals surface area contributed by atoms with Gasteiger partial charge in [0.05, 0.1) is 11.0 Å². The van der Waals surface area contributed by atoms with E-state index in [0.29, 0.717) is 18.3 Å². The number of non-ortho nitro benzene ring substituents is 1. The molecular formula is C13H18N2O4. The highest BCUT2D eigenvalue weighted by Gasteiger charge is 2.27. The van der Waals surface area contributed by atoms with E-state index in [2.05, 4.69) is 5.32 Å². The lowest BCUT2D eigenvalue weighted by molar-refractivity contribution is -0.384. The SMILES string of the molecule is CC(O)(CNC1CC1)COc1cccc([N+](=O)[O-])c1. The Morgan fingerprint density at radius 3 is 2.95 bits per heavy atom. The van der Waals surface area contributed by atoms with Crippen LogP contribution < -0.4 is 10.1 Å². The molecule has 0 saturated heterocycles. The van der Waals surface area contributed by atoms with Gasteiger partial charge >= 0.3 is 0 Å². The molecule has 2 rings (SSSR count). The Labute approximate surface area is 111 Å². The first-order valence-corrected chi connectivity index (χ1v) is 6.29. The number of hydrogen-bond acceptors (Lipinski definition) is 5. The number of nitro groups is 1. The van der Waals surface area contributed by atoms with E-state index in [-0.39, 0.29) is 12.3 Å². The van der Waals surface area contributed by atoms with Crippen molar-refractivity contribution in [3.8, 4) is 5.75 Å². The van der Waals surface area contributed by atoms with Crippen LogP contribution in [0.2, 0.25) is 0 Å². The minimum atomic E-state index is -0.993. The van der Waals surface area contributed by atoms with E-state index in [1.165, 1.54) is 12.1 Å². The van der Waals surface area contributed by atoms with Crippen LogP contribution in [0, 0.1) is 10.1 Å². The average Bonchev–Trinajstić information content (AvgIpc) is 3.19. The maximum absolute atomic E-state index is 10.6. The summed E-state index contributed by atoms with van der Waals surface area (Å²) in [5.74, 6) is 0.390. The van der Waals surface area contributed by atoms with Gasteiger partial charge in [0.25, 0.3) is 5.69 Å². The third-order valence-corrected chi connectivity index (χ3v) is 2.93. The van der Waals surface area contributed by atoms with Crippen LogP contribution in [0.5, 0.6) is 5.75 Å². The maximum Gasteiger partial charge on any atom is 0.273 e. The Balaban J connectivity index is 1.86. The van der Waals surface area contributed by atoms with E-state index in [4.69, 9.17) is 4.74 Å². The quantitative estimate of drug-likeness (QED) is 0.576. The molecule has 19 heavy (non-hydrogen) atoms. The zero-order chi connectivity index (χ0) is 13.9. The fraction of sp³-hybridized carbons (Fsp3) is 0.538. The van der Waals surface area contributed by atoms with Crippen molar-refractivity contribution >= 4 is 5.69 Å². The normalized spacial score (nSPS) is 17.8. The topological polar surface area (TPSA) is 84.6 Å². The van der Waals surface area contributed by atoms with Gasteiger partial charge in [-0.25, -0.2) is 0 Å². The molecule has 1 unspecified atom stereocenters. The minimum Gasteiger partial charge on any atom is -0.490 e. The van der Waals surface area contributed by atoms with E-state index in [0.717, 1.165) is 12.8 Å². The van der Waals surface area contributed by atoms with Crippen LogP contribution in [-0.4, -0.2) is 34.8 Å². The summed E-state index contributed by atoms with van der Waals surface area (Å²) < 4.78 is 5.42. The molecule has 1 atom stereocenters. The van der Waals surface area contributed by atoms with Gasteiger partial charge in [-0.15, -0.1) is 0 Å². The summed E-state index contributed by atoms with van der Waals surface area (Å²) in [7, 11) is 0. The number of hydrogen-bond donors (Lipinski definition) is 2. The van der Waals surface area contributed by atoms with Crippen molar-refractivity contribution in [3.63, 3.8) is 0 Å². The Morgan fingerprint density at radius 2 is 2.32 bits per heavy atom. The molecule has 0 radical (unpaired) electrons. The van der Waals surface area contributed by atoms with Crippen LogP contribution in [0.1, 0.15) is 19.8 Å². The van der Waals surface area contributed by atoms with Crippen LogP contribution in [0.25, 0.3) is 0 Å². The largest absolute Gasteiger partial charge is 0.490 e. The standard InChI is InChI=1S/C13H18N2O4/c1-13(16,8-14-10-5-6-10)9-19-12-4-2-3-11(7-12)15(17)18/h2-4,7,10,14,16H,5-6,8-9H2,1H3. The van der Waals surface area contributed by atoms with Crippen molar-refractivity contribution in [2.45, 2.75) is 31.4 Å². The Morgan fingerprint density at radius 1 is 1.58 bits per heavy atom. The van der Waals surface area contributed by atoms with Crippen LogP contribution in [-0.2, 0) is 0 Å². The van der Waals surface area contributed by atoms with Crippen molar-refractivity contribution in [2.75, 3.05) is 13.2 Å².